The van der Waals surface area contributed by atoms with Crippen molar-refractivity contribution in [3.63, 3.8) is 0 Å². The minimum absolute atomic E-state index is 0.231. The number of hydrogen-bond acceptors (Lipinski definition) is 2. The van der Waals surface area contributed by atoms with Crippen LogP contribution in [0.4, 0.5) is 0 Å². The number of carbonyl (C=O) groups excluding carboxylic acids is 2. The van der Waals surface area contributed by atoms with Crippen LogP contribution in [-0.4, -0.2) is 18.2 Å². The summed E-state index contributed by atoms with van der Waals surface area (Å²) in [7, 11) is -2.67. The van der Waals surface area contributed by atoms with E-state index in [4.69, 9.17) is 0 Å². The van der Waals surface area contributed by atoms with E-state index in [1.807, 2.05) is 54.6 Å². The molecule has 0 heterocycles. The molecule has 0 saturated heterocycles. The Balaban J connectivity index is 2.39. The molecule has 126 valence electrons. The second-order valence-corrected chi connectivity index (χ2v) is 10.1. The Morgan fingerprint density at radius 3 is 1.28 bits per heavy atom. The zero-order valence-corrected chi connectivity index (χ0v) is 14.9. The molecule has 0 aliphatic carbocycles. The summed E-state index contributed by atoms with van der Waals surface area (Å²) >= 11 is 0. The summed E-state index contributed by atoms with van der Waals surface area (Å²) in [4.78, 5) is 23.5. The molecule has 2 nitrogen and oxygen atoms in total. The summed E-state index contributed by atoms with van der Waals surface area (Å²) < 4.78 is 0. The summed E-state index contributed by atoms with van der Waals surface area (Å²) in [6, 6.07) is 30.5. The molecule has 0 bridgehead atoms. The first kappa shape index (κ1) is 17.3. The molecular weight excluding hydrogens is 327 g/mol. The molecular formula is C22H21O2P. The van der Waals surface area contributed by atoms with Crippen molar-refractivity contribution in [2.45, 2.75) is 12.1 Å². The van der Waals surface area contributed by atoms with E-state index in [-0.39, 0.29) is 12.1 Å². The predicted molar refractivity (Wildman–Crippen MR) is 107 cm³/mol. The topological polar surface area (TPSA) is 34.1 Å². The molecule has 0 fully saturated rings. The van der Waals surface area contributed by atoms with Crippen LogP contribution >= 0.6 is 7.26 Å². The fraction of sp³-hybridized carbons (Fsp3) is 0.0909. The van der Waals surface area contributed by atoms with Gasteiger partial charge in [-0.3, -0.25) is 0 Å². The molecule has 0 N–H and O–H groups in total. The van der Waals surface area contributed by atoms with E-state index in [1.54, 1.807) is 0 Å². The maximum atomic E-state index is 12.1. The van der Waals surface area contributed by atoms with E-state index < -0.39 is 7.26 Å². The number of aldehydes is 2. The van der Waals surface area contributed by atoms with E-state index in [9.17, 15) is 9.59 Å². The maximum absolute atomic E-state index is 12.1. The average molecular weight is 348 g/mol. The van der Waals surface area contributed by atoms with Crippen LogP contribution in [0.15, 0.2) is 91.0 Å². The third kappa shape index (κ3) is 3.18. The summed E-state index contributed by atoms with van der Waals surface area (Å²) in [5, 5.41) is 3.43. The quantitative estimate of drug-likeness (QED) is 0.486. The Kier molecular flexibility index (Phi) is 5.53. The molecule has 3 aromatic rings. The molecule has 3 aromatic carbocycles. The standard InChI is InChI=1S/C22H21O2P/c23-17-16-22(18-24)25(19-10-4-1-5-11-19,20-12-6-2-7-13-20)21-14-8-3-9-15-21/h1-15,17-18,22,25H,16H2. The first-order valence-corrected chi connectivity index (χ1v) is 10.5. The van der Waals surface area contributed by atoms with Gasteiger partial charge < -0.3 is 0 Å². The SMILES string of the molecule is O=CCC(C=O)[PH](c1ccccc1)(c1ccccc1)c1ccccc1. The van der Waals surface area contributed by atoms with Crippen molar-refractivity contribution in [1.82, 2.24) is 0 Å². The zero-order valence-electron chi connectivity index (χ0n) is 13.9. The number of rotatable bonds is 7. The Morgan fingerprint density at radius 2 is 1.00 bits per heavy atom. The van der Waals surface area contributed by atoms with Gasteiger partial charge in [-0.2, -0.15) is 0 Å². The van der Waals surface area contributed by atoms with Crippen molar-refractivity contribution < 1.29 is 9.59 Å². The monoisotopic (exact) mass is 348 g/mol. The molecule has 0 radical (unpaired) electrons. The van der Waals surface area contributed by atoms with E-state index in [2.05, 4.69) is 36.4 Å². The van der Waals surface area contributed by atoms with Crippen molar-refractivity contribution in [1.29, 1.82) is 0 Å². The summed E-state index contributed by atoms with van der Waals surface area (Å²) in [6.07, 6.45) is 2.08. The van der Waals surface area contributed by atoms with Gasteiger partial charge in [-0.15, -0.1) is 0 Å². The van der Waals surface area contributed by atoms with Crippen LogP contribution in [-0.2, 0) is 9.59 Å². The molecule has 1 atom stereocenters. The number of benzene rings is 3. The second-order valence-electron chi connectivity index (χ2n) is 6.05. The van der Waals surface area contributed by atoms with Crippen molar-refractivity contribution in [3.8, 4) is 0 Å². The van der Waals surface area contributed by atoms with Gasteiger partial charge in [0.15, 0.2) is 0 Å². The van der Waals surface area contributed by atoms with Crippen molar-refractivity contribution in [2.24, 2.45) is 0 Å². The van der Waals surface area contributed by atoms with Crippen LogP contribution in [0.25, 0.3) is 0 Å². The summed E-state index contributed by atoms with van der Waals surface area (Å²) in [5.74, 6) is 0. The van der Waals surface area contributed by atoms with E-state index in [0.29, 0.717) is 0 Å². The van der Waals surface area contributed by atoms with Gasteiger partial charge in [-0.25, -0.2) is 0 Å². The molecule has 0 spiro atoms. The van der Waals surface area contributed by atoms with Gasteiger partial charge in [-0.05, 0) is 0 Å². The van der Waals surface area contributed by atoms with Gasteiger partial charge in [0.1, 0.15) is 0 Å². The second kappa shape index (κ2) is 8.00. The first-order chi connectivity index (χ1) is 12.3. The van der Waals surface area contributed by atoms with Gasteiger partial charge >= 0.3 is 148 Å². The molecule has 3 rings (SSSR count). The molecule has 0 aromatic heterocycles. The molecule has 0 amide bonds. The van der Waals surface area contributed by atoms with Crippen LogP contribution in [0.2, 0.25) is 0 Å². The molecule has 0 aliphatic rings. The van der Waals surface area contributed by atoms with Crippen LogP contribution in [0, 0.1) is 0 Å². The van der Waals surface area contributed by atoms with Gasteiger partial charge in [-0.1, -0.05) is 0 Å². The first-order valence-electron chi connectivity index (χ1n) is 8.39. The average Bonchev–Trinajstić information content (AvgIpc) is 2.70. The van der Waals surface area contributed by atoms with Crippen molar-refractivity contribution >= 4 is 35.7 Å². The van der Waals surface area contributed by atoms with Gasteiger partial charge in [0.25, 0.3) is 0 Å². The fourth-order valence-electron chi connectivity index (χ4n) is 3.68. The minimum atomic E-state index is -2.67. The Labute approximate surface area is 148 Å². The summed E-state index contributed by atoms with van der Waals surface area (Å²) in [6.45, 7) is 0. The predicted octanol–water partition coefficient (Wildman–Crippen LogP) is 2.87. The Hall–Kier alpha value is -2.57. The Bertz CT molecular complexity index is 720. The van der Waals surface area contributed by atoms with Crippen LogP contribution in [0.3, 0.4) is 0 Å². The third-order valence-electron chi connectivity index (χ3n) is 4.76. The molecule has 3 heteroatoms. The number of hydrogen-bond donors (Lipinski definition) is 0. The third-order valence-corrected chi connectivity index (χ3v) is 9.97. The summed E-state index contributed by atoms with van der Waals surface area (Å²) in [5.41, 5.74) is -0.350. The zero-order chi connectivity index (χ0) is 17.5. The van der Waals surface area contributed by atoms with E-state index >= 15 is 0 Å². The van der Waals surface area contributed by atoms with Crippen LogP contribution < -0.4 is 15.9 Å². The molecule has 0 saturated carbocycles. The molecule has 25 heavy (non-hydrogen) atoms. The van der Waals surface area contributed by atoms with Gasteiger partial charge in [0.05, 0.1) is 0 Å². The Morgan fingerprint density at radius 1 is 0.640 bits per heavy atom. The molecule has 0 aliphatic heterocycles. The van der Waals surface area contributed by atoms with E-state index in [0.717, 1.165) is 28.5 Å². The molecule has 1 unspecified atom stereocenters. The normalized spacial score (nSPS) is 13.0. The van der Waals surface area contributed by atoms with Gasteiger partial charge in [0, 0.05) is 0 Å². The van der Waals surface area contributed by atoms with Gasteiger partial charge in [0.2, 0.25) is 0 Å². The van der Waals surface area contributed by atoms with Crippen LogP contribution in [0.5, 0.6) is 0 Å². The van der Waals surface area contributed by atoms with Crippen molar-refractivity contribution in [3.05, 3.63) is 91.0 Å². The van der Waals surface area contributed by atoms with Crippen molar-refractivity contribution in [2.75, 3.05) is 0 Å². The van der Waals surface area contributed by atoms with E-state index in [1.165, 1.54) is 0 Å². The fourth-order valence-corrected chi connectivity index (χ4v) is 8.78. The number of carbonyl (C=O) groups is 2. The van der Waals surface area contributed by atoms with Crippen LogP contribution in [0.1, 0.15) is 6.42 Å².